The first kappa shape index (κ1) is 36.3. The molecular formula is C29H58NO6P. The van der Waals surface area contributed by atoms with Crippen LogP contribution in [0.1, 0.15) is 149 Å². The lowest BCUT2D eigenvalue weighted by atomic mass is 10.0. The van der Waals surface area contributed by atoms with Crippen LogP contribution >= 0.6 is 7.82 Å². The third-order valence-corrected chi connectivity index (χ3v) is 7.23. The van der Waals surface area contributed by atoms with E-state index in [4.69, 9.17) is 9.79 Å². The maximum atomic E-state index is 12.3. The molecule has 4 N–H and O–H groups in total. The van der Waals surface area contributed by atoms with E-state index in [0.29, 0.717) is 6.42 Å². The number of carbonyl (C=O) groups excluding carboxylic acids is 1. The van der Waals surface area contributed by atoms with Gasteiger partial charge in [-0.15, -0.1) is 0 Å². The van der Waals surface area contributed by atoms with Crippen LogP contribution in [0.4, 0.5) is 0 Å². The van der Waals surface area contributed by atoms with Crippen molar-refractivity contribution in [1.29, 1.82) is 0 Å². The fraction of sp³-hybridized carbons (Fsp3) is 0.897. The molecule has 37 heavy (non-hydrogen) atoms. The number of amides is 1. The molecule has 0 saturated carbocycles. The molecule has 0 aliphatic heterocycles. The van der Waals surface area contributed by atoms with Gasteiger partial charge >= 0.3 is 7.82 Å². The molecule has 0 rings (SSSR count). The summed E-state index contributed by atoms with van der Waals surface area (Å²) in [4.78, 5) is 30.4. The summed E-state index contributed by atoms with van der Waals surface area (Å²) in [5.74, 6) is -0.235. The van der Waals surface area contributed by atoms with E-state index in [9.17, 15) is 14.5 Å². The van der Waals surface area contributed by atoms with E-state index in [1.165, 1.54) is 89.9 Å². The highest BCUT2D eigenvalue weighted by Gasteiger charge is 2.24. The number of nitrogens with one attached hydrogen (secondary N) is 1. The van der Waals surface area contributed by atoms with Gasteiger partial charge in [0.05, 0.1) is 18.8 Å². The first-order valence-electron chi connectivity index (χ1n) is 15.1. The van der Waals surface area contributed by atoms with Crippen molar-refractivity contribution >= 4 is 13.7 Å². The first-order chi connectivity index (χ1) is 17.8. The van der Waals surface area contributed by atoms with Gasteiger partial charge in [0.2, 0.25) is 5.91 Å². The minimum Gasteiger partial charge on any atom is -0.387 e. The molecule has 0 aliphatic rings. The molecule has 1 amide bonds. The van der Waals surface area contributed by atoms with Gasteiger partial charge in [-0.3, -0.25) is 9.32 Å². The molecule has 8 heteroatoms. The summed E-state index contributed by atoms with van der Waals surface area (Å²) in [6, 6.07) is -0.900. The number of allylic oxidation sites excluding steroid dienone is 1. The van der Waals surface area contributed by atoms with Crippen molar-refractivity contribution in [2.75, 3.05) is 6.61 Å². The maximum absolute atomic E-state index is 12.3. The van der Waals surface area contributed by atoms with E-state index in [0.717, 1.165) is 38.5 Å². The summed E-state index contributed by atoms with van der Waals surface area (Å²) in [6.45, 7) is 3.98. The van der Waals surface area contributed by atoms with E-state index in [-0.39, 0.29) is 5.91 Å². The Kier molecular flexibility index (Phi) is 25.1. The van der Waals surface area contributed by atoms with Crippen LogP contribution in [0.2, 0.25) is 0 Å². The third kappa shape index (κ3) is 26.7. The van der Waals surface area contributed by atoms with E-state index in [2.05, 4.69) is 23.7 Å². The number of carbonyl (C=O) groups is 1. The Morgan fingerprint density at radius 2 is 1.19 bits per heavy atom. The SMILES string of the molecule is CCCCCCCCCCCCCC/C=C/[C@@H](O)[C@H](COP(=O)(O)O)NC(=O)CCCCCCCCC. The van der Waals surface area contributed by atoms with Crippen LogP contribution in [0.3, 0.4) is 0 Å². The van der Waals surface area contributed by atoms with Crippen LogP contribution in [-0.2, 0) is 13.9 Å². The number of phosphoric ester groups is 1. The van der Waals surface area contributed by atoms with Crippen LogP contribution in [0.25, 0.3) is 0 Å². The fourth-order valence-corrected chi connectivity index (χ4v) is 4.75. The van der Waals surface area contributed by atoms with Crippen molar-refractivity contribution in [3.8, 4) is 0 Å². The number of hydrogen-bond donors (Lipinski definition) is 4. The summed E-state index contributed by atoms with van der Waals surface area (Å²) in [5.41, 5.74) is 0. The second kappa shape index (κ2) is 25.6. The summed E-state index contributed by atoms with van der Waals surface area (Å²) < 4.78 is 15.7. The lowest BCUT2D eigenvalue weighted by Gasteiger charge is -2.22. The number of unbranched alkanes of at least 4 members (excludes halogenated alkanes) is 18. The maximum Gasteiger partial charge on any atom is 0.469 e. The van der Waals surface area contributed by atoms with Gasteiger partial charge in [0, 0.05) is 6.42 Å². The summed E-state index contributed by atoms with van der Waals surface area (Å²) in [7, 11) is -4.69. The molecule has 0 heterocycles. The van der Waals surface area contributed by atoms with Crippen LogP contribution in [0.15, 0.2) is 12.2 Å². The van der Waals surface area contributed by atoms with E-state index >= 15 is 0 Å². The lowest BCUT2D eigenvalue weighted by molar-refractivity contribution is -0.123. The number of aliphatic hydroxyl groups excluding tert-OH is 1. The second-order valence-electron chi connectivity index (χ2n) is 10.4. The zero-order valence-electron chi connectivity index (χ0n) is 23.9. The minimum atomic E-state index is -4.69. The van der Waals surface area contributed by atoms with Gasteiger partial charge in [-0.1, -0.05) is 135 Å². The highest BCUT2D eigenvalue weighted by atomic mass is 31.2. The second-order valence-corrected chi connectivity index (χ2v) is 11.7. The van der Waals surface area contributed by atoms with Crippen molar-refractivity contribution in [3.05, 3.63) is 12.2 Å². The van der Waals surface area contributed by atoms with Gasteiger partial charge in [0.1, 0.15) is 0 Å². The lowest BCUT2D eigenvalue weighted by Crippen LogP contribution is -2.45. The molecular weight excluding hydrogens is 489 g/mol. The standard InChI is InChI=1S/C29H58NO6P/c1-3-5-7-9-11-12-13-14-15-16-17-19-20-22-24-28(31)27(26-36-37(33,34)35)30-29(32)25-23-21-18-10-8-6-4-2/h22,24,27-28,31H,3-21,23,25-26H2,1-2H3,(H,30,32)(H2,33,34,35)/b24-22+/t27-,28+/m0/s1. The molecule has 0 aromatic carbocycles. The molecule has 0 bridgehead atoms. The average Bonchev–Trinajstić information content (AvgIpc) is 2.85. The Labute approximate surface area is 227 Å². The smallest absolute Gasteiger partial charge is 0.387 e. The molecule has 0 saturated heterocycles. The Morgan fingerprint density at radius 1 is 0.757 bits per heavy atom. The van der Waals surface area contributed by atoms with Gasteiger partial charge in [-0.25, -0.2) is 4.57 Å². The van der Waals surface area contributed by atoms with Crippen LogP contribution in [0.5, 0.6) is 0 Å². The van der Waals surface area contributed by atoms with Crippen molar-refractivity contribution in [2.24, 2.45) is 0 Å². The van der Waals surface area contributed by atoms with E-state index in [1.54, 1.807) is 6.08 Å². The predicted octanol–water partition coefficient (Wildman–Crippen LogP) is 7.73. The van der Waals surface area contributed by atoms with E-state index in [1.807, 2.05) is 6.08 Å². The molecule has 0 aromatic rings. The third-order valence-electron chi connectivity index (χ3n) is 6.75. The van der Waals surface area contributed by atoms with Crippen LogP contribution < -0.4 is 5.32 Å². The molecule has 7 nitrogen and oxygen atoms in total. The molecule has 0 unspecified atom stereocenters. The average molecular weight is 548 g/mol. The quantitative estimate of drug-likeness (QED) is 0.0475. The van der Waals surface area contributed by atoms with Crippen LogP contribution in [-0.4, -0.2) is 39.6 Å². The van der Waals surface area contributed by atoms with Gasteiger partial charge in [-0.05, 0) is 19.3 Å². The molecule has 0 aliphatic carbocycles. The number of phosphoric acid groups is 1. The Bertz CT molecular complexity index is 595. The Morgan fingerprint density at radius 3 is 1.65 bits per heavy atom. The largest absolute Gasteiger partial charge is 0.469 e. The topological polar surface area (TPSA) is 116 Å². The highest BCUT2D eigenvalue weighted by Crippen LogP contribution is 2.35. The number of hydrogen-bond acceptors (Lipinski definition) is 4. The van der Waals surface area contributed by atoms with Gasteiger partial charge in [-0.2, -0.15) is 0 Å². The van der Waals surface area contributed by atoms with Crippen molar-refractivity contribution in [3.63, 3.8) is 0 Å². The zero-order valence-corrected chi connectivity index (χ0v) is 24.8. The summed E-state index contributed by atoms with van der Waals surface area (Å²) in [6.07, 6.45) is 26.7. The predicted molar refractivity (Wildman–Crippen MR) is 153 cm³/mol. The van der Waals surface area contributed by atoms with Gasteiger partial charge in [0.25, 0.3) is 0 Å². The number of aliphatic hydroxyl groups is 1. The fourth-order valence-electron chi connectivity index (χ4n) is 4.40. The first-order valence-corrected chi connectivity index (χ1v) is 16.7. The molecule has 0 aromatic heterocycles. The highest BCUT2D eigenvalue weighted by molar-refractivity contribution is 7.46. The van der Waals surface area contributed by atoms with Crippen molar-refractivity contribution in [1.82, 2.24) is 5.32 Å². The van der Waals surface area contributed by atoms with Crippen molar-refractivity contribution < 1.29 is 28.8 Å². The Hall–Kier alpha value is -0.720. The monoisotopic (exact) mass is 547 g/mol. The summed E-state index contributed by atoms with van der Waals surface area (Å²) >= 11 is 0. The molecule has 0 radical (unpaired) electrons. The molecule has 0 fully saturated rings. The van der Waals surface area contributed by atoms with Gasteiger partial charge < -0.3 is 20.2 Å². The van der Waals surface area contributed by atoms with Crippen molar-refractivity contribution in [2.45, 2.75) is 161 Å². The minimum absolute atomic E-state index is 0.235. The van der Waals surface area contributed by atoms with Crippen LogP contribution in [0, 0.1) is 0 Å². The van der Waals surface area contributed by atoms with Gasteiger partial charge in [0.15, 0.2) is 0 Å². The number of rotatable bonds is 27. The molecule has 220 valence electrons. The molecule has 2 atom stereocenters. The Balaban J connectivity index is 4.13. The zero-order chi connectivity index (χ0) is 27.6. The normalized spacial score (nSPS) is 13.8. The molecule has 0 spiro atoms. The summed E-state index contributed by atoms with van der Waals surface area (Å²) in [5, 5.41) is 13.2. The van der Waals surface area contributed by atoms with E-state index < -0.39 is 26.6 Å².